The molecule has 0 saturated carbocycles. The minimum atomic E-state index is 0.00357. The highest BCUT2D eigenvalue weighted by Crippen LogP contribution is 2.13. The molecule has 1 aromatic carbocycles. The van der Waals surface area contributed by atoms with Gasteiger partial charge in [-0.25, -0.2) is 4.79 Å². The number of nitrogens with zero attached hydrogens (tertiary/aromatic N) is 1. The Balaban J connectivity index is 2.25. The molecule has 1 aliphatic rings. The summed E-state index contributed by atoms with van der Waals surface area (Å²) in [4.78, 5) is 13.0. The Bertz CT molecular complexity index is 323. The number of rotatable bonds is 1. The van der Waals surface area contributed by atoms with Crippen molar-refractivity contribution in [1.29, 1.82) is 0 Å². The molecule has 4 heteroatoms. The Labute approximate surface area is 78.1 Å². The molecule has 0 radical (unpaired) electrons. The van der Waals surface area contributed by atoms with Gasteiger partial charge in [-0.2, -0.15) is 0 Å². The van der Waals surface area contributed by atoms with E-state index in [0.717, 1.165) is 18.8 Å². The van der Waals surface area contributed by atoms with Crippen LogP contribution in [0.3, 0.4) is 0 Å². The molecule has 2 amide bonds. The van der Waals surface area contributed by atoms with Crippen molar-refractivity contribution >= 4 is 25.0 Å². The number of benzene rings is 1. The summed E-state index contributed by atoms with van der Waals surface area (Å²) in [5, 5.41) is 2.77. The fourth-order valence-electron chi connectivity index (χ4n) is 1.44. The van der Waals surface area contributed by atoms with E-state index in [0.29, 0.717) is 0 Å². The van der Waals surface area contributed by atoms with E-state index in [9.17, 15) is 4.79 Å². The molecule has 0 aromatic heterocycles. The van der Waals surface area contributed by atoms with E-state index in [4.69, 9.17) is 0 Å². The normalized spacial score (nSPS) is 16.0. The molecule has 1 saturated heterocycles. The third-order valence-electron chi connectivity index (χ3n) is 2.20. The molecule has 0 atom stereocenters. The number of carbonyl (C=O) groups excluding carboxylic acids is 1. The van der Waals surface area contributed by atoms with E-state index in [-0.39, 0.29) is 6.03 Å². The molecular formula is C9H11BN2O. The van der Waals surface area contributed by atoms with Crippen LogP contribution in [0.15, 0.2) is 24.3 Å². The Morgan fingerprint density at radius 1 is 1.31 bits per heavy atom. The Kier molecular flexibility index (Phi) is 1.96. The summed E-state index contributed by atoms with van der Waals surface area (Å²) in [6.07, 6.45) is 0. The largest absolute Gasteiger partial charge is 0.336 e. The lowest BCUT2D eigenvalue weighted by Crippen LogP contribution is -2.27. The minimum Gasteiger partial charge on any atom is -0.336 e. The number of hydrogen-bond acceptors (Lipinski definition) is 1. The monoisotopic (exact) mass is 174 g/mol. The highest BCUT2D eigenvalue weighted by Gasteiger charge is 2.20. The van der Waals surface area contributed by atoms with Crippen LogP contribution < -0.4 is 15.7 Å². The summed E-state index contributed by atoms with van der Waals surface area (Å²) in [5.41, 5.74) is 2.18. The minimum absolute atomic E-state index is 0.00357. The van der Waals surface area contributed by atoms with Crippen molar-refractivity contribution in [2.45, 2.75) is 0 Å². The summed E-state index contributed by atoms with van der Waals surface area (Å²) in [6.45, 7) is 1.51. The standard InChI is InChI=1S/C9H11BN2O/c10-7-1-3-8(4-2-7)12-6-5-11-9(12)13/h1-4H,5-6,10H2,(H,11,13). The zero-order valence-corrected chi connectivity index (χ0v) is 7.58. The Morgan fingerprint density at radius 2 is 2.00 bits per heavy atom. The van der Waals surface area contributed by atoms with Crippen LogP contribution in [0.2, 0.25) is 0 Å². The van der Waals surface area contributed by atoms with Gasteiger partial charge in [0.05, 0.1) is 0 Å². The third kappa shape index (κ3) is 1.52. The molecule has 3 nitrogen and oxygen atoms in total. The summed E-state index contributed by atoms with van der Waals surface area (Å²) in [5.74, 6) is 0. The van der Waals surface area contributed by atoms with Gasteiger partial charge in [-0.15, -0.1) is 0 Å². The third-order valence-corrected chi connectivity index (χ3v) is 2.20. The van der Waals surface area contributed by atoms with Crippen LogP contribution >= 0.6 is 0 Å². The van der Waals surface area contributed by atoms with Crippen molar-refractivity contribution in [3.05, 3.63) is 24.3 Å². The number of carbonyl (C=O) groups is 1. The first kappa shape index (κ1) is 8.17. The number of hydrogen-bond donors (Lipinski definition) is 1. The molecule has 1 fully saturated rings. The molecule has 1 heterocycles. The van der Waals surface area contributed by atoms with Crippen LogP contribution in [-0.2, 0) is 0 Å². The molecule has 0 bridgehead atoms. The van der Waals surface area contributed by atoms with E-state index in [1.54, 1.807) is 4.90 Å². The van der Waals surface area contributed by atoms with E-state index in [2.05, 4.69) is 5.32 Å². The van der Waals surface area contributed by atoms with Crippen LogP contribution in [0.1, 0.15) is 0 Å². The van der Waals surface area contributed by atoms with Crippen molar-refractivity contribution in [3.8, 4) is 0 Å². The van der Waals surface area contributed by atoms with Gasteiger partial charge in [0, 0.05) is 18.8 Å². The SMILES string of the molecule is Bc1ccc(N2CCNC2=O)cc1. The van der Waals surface area contributed by atoms with Gasteiger partial charge in [0.2, 0.25) is 0 Å². The first-order valence-electron chi connectivity index (χ1n) is 4.39. The van der Waals surface area contributed by atoms with E-state index in [1.807, 2.05) is 32.1 Å². The van der Waals surface area contributed by atoms with Gasteiger partial charge in [0.25, 0.3) is 0 Å². The van der Waals surface area contributed by atoms with Crippen molar-refractivity contribution in [2.24, 2.45) is 0 Å². The molecule has 1 N–H and O–H groups in total. The quantitative estimate of drug-likeness (QED) is 0.570. The molecule has 1 aliphatic heterocycles. The summed E-state index contributed by atoms with van der Waals surface area (Å²) >= 11 is 0. The zero-order valence-electron chi connectivity index (χ0n) is 7.58. The molecule has 1 aromatic rings. The molecule has 0 unspecified atom stereocenters. The summed E-state index contributed by atoms with van der Waals surface area (Å²) < 4.78 is 0. The van der Waals surface area contributed by atoms with Crippen molar-refractivity contribution in [3.63, 3.8) is 0 Å². The fraction of sp³-hybridized carbons (Fsp3) is 0.222. The highest BCUT2D eigenvalue weighted by atomic mass is 16.2. The van der Waals surface area contributed by atoms with Gasteiger partial charge < -0.3 is 5.32 Å². The van der Waals surface area contributed by atoms with Gasteiger partial charge in [0.15, 0.2) is 0 Å². The lowest BCUT2D eigenvalue weighted by molar-refractivity contribution is 0.252. The van der Waals surface area contributed by atoms with Crippen LogP contribution in [0.25, 0.3) is 0 Å². The average Bonchev–Trinajstić information content (AvgIpc) is 2.53. The van der Waals surface area contributed by atoms with Crippen LogP contribution in [0.5, 0.6) is 0 Å². The average molecular weight is 174 g/mol. The molecular weight excluding hydrogens is 163 g/mol. The van der Waals surface area contributed by atoms with E-state index < -0.39 is 0 Å². The van der Waals surface area contributed by atoms with Crippen molar-refractivity contribution < 1.29 is 4.79 Å². The van der Waals surface area contributed by atoms with Gasteiger partial charge in [-0.05, 0) is 12.1 Å². The fourth-order valence-corrected chi connectivity index (χ4v) is 1.44. The predicted molar refractivity (Wildman–Crippen MR) is 55.4 cm³/mol. The maximum Gasteiger partial charge on any atom is 0.321 e. The second-order valence-electron chi connectivity index (χ2n) is 3.22. The molecule has 2 rings (SSSR count). The van der Waals surface area contributed by atoms with Crippen LogP contribution in [0.4, 0.5) is 10.5 Å². The molecule has 0 aliphatic carbocycles. The van der Waals surface area contributed by atoms with Crippen LogP contribution in [-0.4, -0.2) is 27.0 Å². The Hall–Kier alpha value is -1.45. The zero-order chi connectivity index (χ0) is 9.26. The maximum atomic E-state index is 11.3. The summed E-state index contributed by atoms with van der Waals surface area (Å²) in [7, 11) is 2.04. The second kappa shape index (κ2) is 3.13. The predicted octanol–water partition coefficient (Wildman–Crippen LogP) is -0.525. The smallest absolute Gasteiger partial charge is 0.321 e. The number of urea groups is 1. The number of amides is 2. The lowest BCUT2D eigenvalue weighted by atomic mass is 9.96. The lowest BCUT2D eigenvalue weighted by Gasteiger charge is -2.13. The summed E-state index contributed by atoms with van der Waals surface area (Å²) in [6, 6.07) is 7.98. The van der Waals surface area contributed by atoms with E-state index >= 15 is 0 Å². The molecule has 66 valence electrons. The van der Waals surface area contributed by atoms with E-state index in [1.165, 1.54) is 5.46 Å². The molecule has 0 spiro atoms. The number of nitrogens with one attached hydrogen (secondary N) is 1. The first-order chi connectivity index (χ1) is 6.27. The molecule has 13 heavy (non-hydrogen) atoms. The highest BCUT2D eigenvalue weighted by molar-refractivity contribution is 6.32. The number of anilines is 1. The topological polar surface area (TPSA) is 32.3 Å². The van der Waals surface area contributed by atoms with Crippen molar-refractivity contribution in [1.82, 2.24) is 5.32 Å². The van der Waals surface area contributed by atoms with Crippen LogP contribution in [0, 0.1) is 0 Å². The van der Waals surface area contributed by atoms with Crippen molar-refractivity contribution in [2.75, 3.05) is 18.0 Å². The Morgan fingerprint density at radius 3 is 2.54 bits per heavy atom. The van der Waals surface area contributed by atoms with Gasteiger partial charge >= 0.3 is 6.03 Å². The first-order valence-corrected chi connectivity index (χ1v) is 4.39. The maximum absolute atomic E-state index is 11.3. The van der Waals surface area contributed by atoms with Gasteiger partial charge in [-0.3, -0.25) is 4.90 Å². The van der Waals surface area contributed by atoms with Gasteiger partial charge in [0.1, 0.15) is 7.85 Å². The van der Waals surface area contributed by atoms with Gasteiger partial charge in [-0.1, -0.05) is 17.6 Å². The second-order valence-corrected chi connectivity index (χ2v) is 3.22.